The largest absolute Gasteiger partial charge is 0.462 e. The number of dihydropyridines is 1. The Morgan fingerprint density at radius 3 is 1.96 bits per heavy atom. The number of esters is 2. The Morgan fingerprint density at radius 1 is 0.745 bits per heavy atom. The first-order chi connectivity index (χ1) is 25.0. The highest BCUT2D eigenvalue weighted by atomic mass is 35.5. The Kier molecular flexibility index (Phi) is 14.0. The van der Waals surface area contributed by atoms with Gasteiger partial charge in [0.25, 0.3) is 0 Å². The van der Waals surface area contributed by atoms with Gasteiger partial charge in [-0.1, -0.05) is 115 Å². The van der Waals surface area contributed by atoms with E-state index in [1.807, 2.05) is 78.9 Å². The molecule has 8 nitrogen and oxygen atoms in total. The number of ether oxygens (including phenoxy) is 4. The van der Waals surface area contributed by atoms with Crippen LogP contribution in [0.2, 0.25) is 5.02 Å². The van der Waals surface area contributed by atoms with Gasteiger partial charge in [0.15, 0.2) is 0 Å². The summed E-state index contributed by atoms with van der Waals surface area (Å²) in [6.07, 6.45) is 0.568. The SMILES string of the molecule is CC1=C(C(=O)OCCC(c2ccccc2)c2ccccc2)C(c2cccc(Cl)c2)C(C(=O)OCCC#N)=C(COCCOCc2ccccc2)N1. The highest BCUT2D eigenvalue weighted by Crippen LogP contribution is 2.40. The molecule has 4 aromatic rings. The summed E-state index contributed by atoms with van der Waals surface area (Å²) < 4.78 is 23.3. The molecular weight excluding hydrogens is 664 g/mol. The van der Waals surface area contributed by atoms with Crippen LogP contribution in [0.4, 0.5) is 0 Å². The van der Waals surface area contributed by atoms with Crippen LogP contribution in [0.5, 0.6) is 0 Å². The summed E-state index contributed by atoms with van der Waals surface area (Å²) in [6, 6.07) is 39.1. The summed E-state index contributed by atoms with van der Waals surface area (Å²) >= 11 is 6.45. The van der Waals surface area contributed by atoms with Gasteiger partial charge >= 0.3 is 11.9 Å². The molecule has 0 aromatic heterocycles. The highest BCUT2D eigenvalue weighted by molar-refractivity contribution is 6.30. The number of carbonyl (C=O) groups is 2. The van der Waals surface area contributed by atoms with E-state index in [1.54, 1.807) is 25.1 Å². The minimum atomic E-state index is -0.876. The van der Waals surface area contributed by atoms with E-state index in [1.165, 1.54) is 0 Å². The lowest BCUT2D eigenvalue weighted by atomic mass is 9.80. The maximum absolute atomic E-state index is 14.1. The number of carbonyl (C=O) groups excluding carboxylic acids is 2. The van der Waals surface area contributed by atoms with Gasteiger partial charge in [0, 0.05) is 16.6 Å². The predicted octanol–water partition coefficient (Wildman–Crippen LogP) is 8.01. The molecule has 4 aromatic carbocycles. The lowest BCUT2D eigenvalue weighted by Gasteiger charge is -2.31. The van der Waals surface area contributed by atoms with E-state index in [0.717, 1.165) is 16.7 Å². The summed E-state index contributed by atoms with van der Waals surface area (Å²) in [5.41, 5.74) is 5.29. The van der Waals surface area contributed by atoms with E-state index in [2.05, 4.69) is 29.6 Å². The quantitative estimate of drug-likeness (QED) is 0.0871. The molecule has 0 spiro atoms. The summed E-state index contributed by atoms with van der Waals surface area (Å²) in [5, 5.41) is 12.8. The van der Waals surface area contributed by atoms with Crippen molar-refractivity contribution < 1.29 is 28.5 Å². The minimum absolute atomic E-state index is 0.00878. The van der Waals surface area contributed by atoms with Crippen molar-refractivity contribution in [3.8, 4) is 6.07 Å². The number of rotatable bonds is 17. The smallest absolute Gasteiger partial charge is 0.336 e. The maximum atomic E-state index is 14.1. The number of nitriles is 1. The molecule has 0 bridgehead atoms. The zero-order valence-electron chi connectivity index (χ0n) is 28.6. The van der Waals surface area contributed by atoms with Gasteiger partial charge in [-0.2, -0.15) is 5.26 Å². The first kappa shape index (κ1) is 37.1. The van der Waals surface area contributed by atoms with Crippen molar-refractivity contribution in [2.24, 2.45) is 0 Å². The van der Waals surface area contributed by atoms with Crippen LogP contribution in [-0.4, -0.2) is 45.0 Å². The van der Waals surface area contributed by atoms with Gasteiger partial charge in [-0.25, -0.2) is 9.59 Å². The van der Waals surface area contributed by atoms with Crippen molar-refractivity contribution in [1.82, 2.24) is 5.32 Å². The number of hydrogen-bond acceptors (Lipinski definition) is 8. The fraction of sp³-hybridized carbons (Fsp3) is 0.262. The molecule has 262 valence electrons. The molecule has 0 aliphatic carbocycles. The van der Waals surface area contributed by atoms with Crippen molar-refractivity contribution >= 4 is 23.5 Å². The van der Waals surface area contributed by atoms with Crippen LogP contribution in [0.15, 0.2) is 138 Å². The molecule has 0 radical (unpaired) electrons. The van der Waals surface area contributed by atoms with Gasteiger partial charge in [0.05, 0.1) is 68.3 Å². The first-order valence-electron chi connectivity index (χ1n) is 16.9. The molecule has 5 rings (SSSR count). The summed E-state index contributed by atoms with van der Waals surface area (Å²) in [7, 11) is 0. The number of hydrogen-bond donors (Lipinski definition) is 1. The average Bonchev–Trinajstić information content (AvgIpc) is 3.15. The van der Waals surface area contributed by atoms with E-state index >= 15 is 0 Å². The molecule has 1 aliphatic heterocycles. The molecule has 1 aliphatic rings. The van der Waals surface area contributed by atoms with Gasteiger partial charge in [0.2, 0.25) is 0 Å². The maximum Gasteiger partial charge on any atom is 0.336 e. The Bertz CT molecular complexity index is 1820. The van der Waals surface area contributed by atoms with Gasteiger partial charge in [-0.15, -0.1) is 0 Å². The second kappa shape index (κ2) is 19.3. The van der Waals surface area contributed by atoms with Crippen molar-refractivity contribution in [2.45, 2.75) is 38.2 Å². The molecule has 0 fully saturated rings. The number of halogens is 1. The van der Waals surface area contributed by atoms with Gasteiger partial charge in [-0.05, 0) is 47.7 Å². The molecule has 1 heterocycles. The molecule has 1 unspecified atom stereocenters. The molecule has 0 saturated carbocycles. The lowest BCUT2D eigenvalue weighted by Crippen LogP contribution is -2.35. The molecular formula is C42H41ClN2O6. The second-order valence-electron chi connectivity index (χ2n) is 12.0. The lowest BCUT2D eigenvalue weighted by molar-refractivity contribution is -0.140. The minimum Gasteiger partial charge on any atom is -0.462 e. The standard InChI is InChI=1S/C42H41ClN2O6/c1-30-38(41(46)51-24-21-36(32-15-7-3-8-16-32)33-17-9-4-10-18-33)39(34-19-11-20-35(43)27-34)40(42(47)50-23-12-22-44)37(45-30)29-49-26-25-48-28-31-13-5-2-6-14-31/h2-11,13-20,27,36,39,45H,12,21,23-26,28-29H2,1H3. The Labute approximate surface area is 304 Å². The van der Waals surface area contributed by atoms with Crippen LogP contribution in [0.3, 0.4) is 0 Å². The van der Waals surface area contributed by atoms with E-state index in [4.69, 9.17) is 35.8 Å². The van der Waals surface area contributed by atoms with Crippen molar-refractivity contribution in [3.63, 3.8) is 0 Å². The third-order valence-electron chi connectivity index (χ3n) is 8.49. The predicted molar refractivity (Wildman–Crippen MR) is 195 cm³/mol. The molecule has 1 atom stereocenters. The van der Waals surface area contributed by atoms with Crippen LogP contribution in [0, 0.1) is 11.3 Å². The zero-order valence-corrected chi connectivity index (χ0v) is 29.3. The Hall–Kier alpha value is -5.20. The average molecular weight is 705 g/mol. The van der Waals surface area contributed by atoms with Crippen molar-refractivity contribution in [1.29, 1.82) is 5.26 Å². The summed E-state index contributed by atoms with van der Waals surface area (Å²) in [4.78, 5) is 27.9. The fourth-order valence-corrected chi connectivity index (χ4v) is 6.31. The highest BCUT2D eigenvalue weighted by Gasteiger charge is 2.39. The van der Waals surface area contributed by atoms with Gasteiger partial charge < -0.3 is 24.3 Å². The van der Waals surface area contributed by atoms with E-state index in [-0.39, 0.29) is 49.9 Å². The molecule has 0 saturated heterocycles. The van der Waals surface area contributed by atoms with Crippen LogP contribution < -0.4 is 5.32 Å². The Balaban J connectivity index is 1.37. The molecule has 9 heteroatoms. The normalized spacial score (nSPS) is 14.2. The first-order valence-corrected chi connectivity index (χ1v) is 17.3. The summed E-state index contributed by atoms with van der Waals surface area (Å²) in [6.45, 7) is 2.86. The van der Waals surface area contributed by atoms with Gasteiger partial charge in [0.1, 0.15) is 6.61 Å². The van der Waals surface area contributed by atoms with E-state index < -0.39 is 17.9 Å². The molecule has 1 N–H and O–H groups in total. The second-order valence-corrected chi connectivity index (χ2v) is 12.4. The number of nitrogens with zero attached hydrogens (tertiary/aromatic N) is 1. The molecule has 51 heavy (non-hydrogen) atoms. The number of benzene rings is 4. The van der Waals surface area contributed by atoms with Crippen molar-refractivity contribution in [3.05, 3.63) is 165 Å². The Morgan fingerprint density at radius 2 is 1.33 bits per heavy atom. The third-order valence-corrected chi connectivity index (χ3v) is 8.72. The van der Waals surface area contributed by atoms with Crippen LogP contribution >= 0.6 is 11.6 Å². The monoisotopic (exact) mass is 704 g/mol. The van der Waals surface area contributed by atoms with E-state index in [0.29, 0.717) is 41.6 Å². The molecule has 0 amide bonds. The zero-order chi connectivity index (χ0) is 35.8. The van der Waals surface area contributed by atoms with Crippen LogP contribution in [0.25, 0.3) is 0 Å². The third kappa shape index (κ3) is 10.4. The van der Waals surface area contributed by atoms with Crippen LogP contribution in [-0.2, 0) is 35.1 Å². The summed E-state index contributed by atoms with van der Waals surface area (Å²) in [5.74, 6) is -2.11. The fourth-order valence-electron chi connectivity index (χ4n) is 6.11. The topological polar surface area (TPSA) is 107 Å². The van der Waals surface area contributed by atoms with E-state index in [9.17, 15) is 9.59 Å². The number of nitrogens with one attached hydrogen (secondary N) is 1. The van der Waals surface area contributed by atoms with Gasteiger partial charge in [-0.3, -0.25) is 0 Å². The number of allylic oxidation sites excluding steroid dienone is 1. The van der Waals surface area contributed by atoms with Crippen molar-refractivity contribution in [2.75, 3.05) is 33.0 Å². The van der Waals surface area contributed by atoms with Crippen LogP contribution in [0.1, 0.15) is 53.9 Å².